The van der Waals surface area contributed by atoms with Crippen molar-refractivity contribution in [2.75, 3.05) is 13.7 Å². The van der Waals surface area contributed by atoms with Gasteiger partial charge in [0.2, 0.25) is 5.91 Å². The maximum absolute atomic E-state index is 12.3. The van der Waals surface area contributed by atoms with Crippen LogP contribution in [0, 0.1) is 0 Å². The SMILES string of the molecule is CO[C@@H](CNC(=O)Cc1cccc2ccccc12)c1ccsc1. The number of benzene rings is 2. The van der Waals surface area contributed by atoms with E-state index in [0.29, 0.717) is 13.0 Å². The molecule has 118 valence electrons. The molecule has 0 unspecified atom stereocenters. The molecule has 1 heterocycles. The fourth-order valence-corrected chi connectivity index (χ4v) is 3.39. The first-order valence-electron chi connectivity index (χ1n) is 7.56. The van der Waals surface area contributed by atoms with Crippen LogP contribution in [0.25, 0.3) is 10.8 Å². The summed E-state index contributed by atoms with van der Waals surface area (Å²) in [7, 11) is 1.67. The molecule has 0 aliphatic carbocycles. The van der Waals surface area contributed by atoms with Crippen molar-refractivity contribution in [1.29, 1.82) is 0 Å². The van der Waals surface area contributed by atoms with Crippen LogP contribution in [-0.2, 0) is 16.0 Å². The summed E-state index contributed by atoms with van der Waals surface area (Å²) < 4.78 is 5.46. The third-order valence-corrected chi connectivity index (χ3v) is 4.62. The van der Waals surface area contributed by atoms with Gasteiger partial charge < -0.3 is 10.1 Å². The highest BCUT2D eigenvalue weighted by molar-refractivity contribution is 7.07. The van der Waals surface area contributed by atoms with Gasteiger partial charge in [-0.05, 0) is 38.7 Å². The second kappa shape index (κ2) is 7.40. The first-order valence-corrected chi connectivity index (χ1v) is 8.50. The number of rotatable bonds is 6. The van der Waals surface area contributed by atoms with Gasteiger partial charge in [-0.15, -0.1) is 0 Å². The zero-order valence-corrected chi connectivity index (χ0v) is 13.8. The van der Waals surface area contributed by atoms with Crippen molar-refractivity contribution in [3.05, 3.63) is 70.4 Å². The molecule has 0 fully saturated rings. The summed E-state index contributed by atoms with van der Waals surface area (Å²) in [6, 6.07) is 16.2. The van der Waals surface area contributed by atoms with Crippen molar-refractivity contribution in [3.63, 3.8) is 0 Å². The van der Waals surface area contributed by atoms with Gasteiger partial charge in [0, 0.05) is 13.7 Å². The summed E-state index contributed by atoms with van der Waals surface area (Å²) >= 11 is 1.63. The van der Waals surface area contributed by atoms with E-state index in [9.17, 15) is 4.79 Å². The molecule has 0 bridgehead atoms. The largest absolute Gasteiger partial charge is 0.375 e. The Morgan fingerprint density at radius 3 is 2.78 bits per heavy atom. The average Bonchev–Trinajstić information content (AvgIpc) is 3.10. The van der Waals surface area contributed by atoms with E-state index in [2.05, 4.69) is 23.5 Å². The highest BCUT2D eigenvalue weighted by atomic mass is 32.1. The molecule has 23 heavy (non-hydrogen) atoms. The summed E-state index contributed by atoms with van der Waals surface area (Å²) in [5.41, 5.74) is 2.15. The van der Waals surface area contributed by atoms with Crippen molar-refractivity contribution in [1.82, 2.24) is 5.32 Å². The Bertz CT molecular complexity index is 778. The van der Waals surface area contributed by atoms with Gasteiger partial charge in [0.05, 0.1) is 6.42 Å². The van der Waals surface area contributed by atoms with E-state index in [0.717, 1.165) is 21.9 Å². The van der Waals surface area contributed by atoms with Crippen molar-refractivity contribution < 1.29 is 9.53 Å². The Morgan fingerprint density at radius 2 is 2.00 bits per heavy atom. The van der Waals surface area contributed by atoms with E-state index in [-0.39, 0.29) is 12.0 Å². The Morgan fingerprint density at radius 1 is 1.17 bits per heavy atom. The number of ether oxygens (including phenoxy) is 1. The lowest BCUT2D eigenvalue weighted by Crippen LogP contribution is -2.30. The minimum atomic E-state index is -0.0993. The van der Waals surface area contributed by atoms with E-state index >= 15 is 0 Å². The Hall–Kier alpha value is -2.17. The van der Waals surface area contributed by atoms with E-state index in [4.69, 9.17) is 4.74 Å². The number of methoxy groups -OCH3 is 1. The van der Waals surface area contributed by atoms with Crippen LogP contribution < -0.4 is 5.32 Å². The molecule has 3 aromatic rings. The predicted molar refractivity (Wildman–Crippen MR) is 94.7 cm³/mol. The molecule has 0 saturated carbocycles. The maximum atomic E-state index is 12.3. The quantitative estimate of drug-likeness (QED) is 0.745. The van der Waals surface area contributed by atoms with Crippen LogP contribution in [0.5, 0.6) is 0 Å². The molecule has 1 aromatic heterocycles. The van der Waals surface area contributed by atoms with Crippen LogP contribution in [0.15, 0.2) is 59.3 Å². The van der Waals surface area contributed by atoms with Crippen LogP contribution >= 0.6 is 11.3 Å². The number of hydrogen-bond donors (Lipinski definition) is 1. The number of thiophene rings is 1. The molecule has 1 N–H and O–H groups in total. The molecule has 0 aliphatic rings. The van der Waals surface area contributed by atoms with Gasteiger partial charge >= 0.3 is 0 Å². The molecule has 1 amide bonds. The Balaban J connectivity index is 1.65. The van der Waals surface area contributed by atoms with Gasteiger partial charge in [-0.1, -0.05) is 42.5 Å². The molecule has 1 atom stereocenters. The summed E-state index contributed by atoms with van der Waals surface area (Å²) in [6.07, 6.45) is 0.277. The van der Waals surface area contributed by atoms with Crippen LogP contribution in [0.1, 0.15) is 17.2 Å². The second-order valence-corrected chi connectivity index (χ2v) is 6.18. The molecular weight excluding hydrogens is 306 g/mol. The van der Waals surface area contributed by atoms with Gasteiger partial charge in [0.15, 0.2) is 0 Å². The monoisotopic (exact) mass is 325 g/mol. The van der Waals surface area contributed by atoms with E-state index in [1.165, 1.54) is 0 Å². The first kappa shape index (κ1) is 15.7. The highest BCUT2D eigenvalue weighted by Gasteiger charge is 2.13. The van der Waals surface area contributed by atoms with Crippen LogP contribution in [0.2, 0.25) is 0 Å². The standard InChI is InChI=1S/C19H19NO2S/c1-22-18(16-9-10-23-13-16)12-20-19(21)11-15-7-4-6-14-5-2-3-8-17(14)15/h2-10,13,18H,11-12H2,1H3,(H,20,21)/t18-/m0/s1. The molecular formula is C19H19NO2S. The van der Waals surface area contributed by atoms with Crippen LogP contribution in [0.4, 0.5) is 0 Å². The highest BCUT2D eigenvalue weighted by Crippen LogP contribution is 2.20. The normalized spacial score (nSPS) is 12.2. The zero-order chi connectivity index (χ0) is 16.1. The zero-order valence-electron chi connectivity index (χ0n) is 13.0. The molecule has 3 rings (SSSR count). The summed E-state index contributed by atoms with van der Waals surface area (Å²) in [5.74, 6) is 0.0126. The predicted octanol–water partition coefficient (Wildman–Crippen LogP) is 3.95. The molecule has 0 radical (unpaired) electrons. The molecule has 0 spiro atoms. The average molecular weight is 325 g/mol. The first-order chi connectivity index (χ1) is 11.3. The van der Waals surface area contributed by atoms with E-state index in [1.807, 2.05) is 41.1 Å². The van der Waals surface area contributed by atoms with Gasteiger partial charge in [0.25, 0.3) is 0 Å². The van der Waals surface area contributed by atoms with Gasteiger partial charge in [-0.2, -0.15) is 11.3 Å². The minimum absolute atomic E-state index is 0.0126. The number of amides is 1. The van der Waals surface area contributed by atoms with E-state index < -0.39 is 0 Å². The van der Waals surface area contributed by atoms with E-state index in [1.54, 1.807) is 18.4 Å². The number of carbonyl (C=O) groups is 1. The number of fused-ring (bicyclic) bond motifs is 1. The van der Waals surface area contributed by atoms with Crippen LogP contribution in [0.3, 0.4) is 0 Å². The van der Waals surface area contributed by atoms with Crippen molar-refractivity contribution >= 4 is 28.0 Å². The lowest BCUT2D eigenvalue weighted by atomic mass is 10.0. The van der Waals surface area contributed by atoms with Crippen molar-refractivity contribution in [3.8, 4) is 0 Å². The summed E-state index contributed by atoms with van der Waals surface area (Å²) in [4.78, 5) is 12.3. The molecule has 0 aliphatic heterocycles. The Labute approximate surface area is 139 Å². The lowest BCUT2D eigenvalue weighted by Gasteiger charge is -2.15. The molecule has 0 saturated heterocycles. The maximum Gasteiger partial charge on any atom is 0.224 e. The fourth-order valence-electron chi connectivity index (χ4n) is 2.68. The van der Waals surface area contributed by atoms with Crippen molar-refractivity contribution in [2.24, 2.45) is 0 Å². The fraction of sp³-hybridized carbons (Fsp3) is 0.211. The minimum Gasteiger partial charge on any atom is -0.375 e. The topological polar surface area (TPSA) is 38.3 Å². The molecule has 3 nitrogen and oxygen atoms in total. The lowest BCUT2D eigenvalue weighted by molar-refractivity contribution is -0.121. The van der Waals surface area contributed by atoms with Gasteiger partial charge in [0.1, 0.15) is 6.10 Å². The van der Waals surface area contributed by atoms with Gasteiger partial charge in [-0.25, -0.2) is 0 Å². The Kier molecular flexibility index (Phi) is 5.05. The number of nitrogens with one attached hydrogen (secondary N) is 1. The third-order valence-electron chi connectivity index (χ3n) is 3.92. The number of hydrogen-bond acceptors (Lipinski definition) is 3. The summed E-state index contributed by atoms with van der Waals surface area (Å²) in [5, 5.41) is 9.32. The second-order valence-electron chi connectivity index (χ2n) is 5.40. The molecule has 4 heteroatoms. The van der Waals surface area contributed by atoms with Crippen LogP contribution in [-0.4, -0.2) is 19.6 Å². The smallest absolute Gasteiger partial charge is 0.224 e. The third kappa shape index (κ3) is 3.78. The summed E-state index contributed by atoms with van der Waals surface area (Å²) in [6.45, 7) is 0.483. The molecule has 2 aromatic carbocycles. The van der Waals surface area contributed by atoms with Crippen molar-refractivity contribution in [2.45, 2.75) is 12.5 Å². The van der Waals surface area contributed by atoms with Gasteiger partial charge in [-0.3, -0.25) is 4.79 Å². The number of carbonyl (C=O) groups excluding carboxylic acids is 1.